The predicted octanol–water partition coefficient (Wildman–Crippen LogP) is 2.23. The van der Waals surface area contributed by atoms with Crippen LogP contribution < -0.4 is 0 Å². The van der Waals surface area contributed by atoms with Crippen LogP contribution >= 0.6 is 0 Å². The van der Waals surface area contributed by atoms with Gasteiger partial charge in [0.1, 0.15) is 6.61 Å². The third kappa shape index (κ3) is 6.28. The summed E-state index contributed by atoms with van der Waals surface area (Å²) < 4.78 is 5.04. The Hall–Kier alpha value is -0.830. The zero-order chi connectivity index (χ0) is 11.7. The van der Waals surface area contributed by atoms with Crippen LogP contribution in [0.4, 0.5) is 0 Å². The largest absolute Gasteiger partial charge is 0.461 e. The van der Waals surface area contributed by atoms with E-state index >= 15 is 0 Å². The van der Waals surface area contributed by atoms with Crippen LogP contribution in [-0.2, 0) is 9.53 Å². The van der Waals surface area contributed by atoms with Crippen molar-refractivity contribution >= 4 is 5.97 Å². The van der Waals surface area contributed by atoms with Gasteiger partial charge in [-0.25, -0.2) is 4.79 Å². The van der Waals surface area contributed by atoms with E-state index in [0.29, 0.717) is 12.6 Å². The van der Waals surface area contributed by atoms with E-state index < -0.39 is 0 Å². The Balaban J connectivity index is 3.77. The van der Waals surface area contributed by atoms with Crippen LogP contribution in [0.2, 0.25) is 0 Å². The van der Waals surface area contributed by atoms with Gasteiger partial charge in [0.05, 0.1) is 0 Å². The number of allylic oxidation sites excluding steroid dienone is 1. The van der Waals surface area contributed by atoms with Crippen LogP contribution in [0.3, 0.4) is 0 Å². The maximum atomic E-state index is 11.0. The number of likely N-dealkylation sites (N-methyl/N-ethyl adjacent to an activating group) is 1. The summed E-state index contributed by atoms with van der Waals surface area (Å²) in [4.78, 5) is 13.3. The maximum Gasteiger partial charge on any atom is 0.330 e. The number of rotatable bonds is 7. The van der Waals surface area contributed by atoms with Crippen molar-refractivity contribution in [2.24, 2.45) is 0 Å². The second-order valence-electron chi connectivity index (χ2n) is 3.55. The Bertz CT molecular complexity index is 202. The Morgan fingerprint density at radius 3 is 2.60 bits per heavy atom. The van der Waals surface area contributed by atoms with Crippen LogP contribution in [0, 0.1) is 0 Å². The second kappa shape index (κ2) is 8.48. The molecule has 0 saturated carbocycles. The smallest absolute Gasteiger partial charge is 0.330 e. The van der Waals surface area contributed by atoms with Gasteiger partial charge in [-0.1, -0.05) is 19.9 Å². The van der Waals surface area contributed by atoms with Crippen molar-refractivity contribution in [3.05, 3.63) is 12.2 Å². The Morgan fingerprint density at radius 2 is 2.13 bits per heavy atom. The molecule has 0 aromatic rings. The number of nitrogens with zero attached hydrogens (tertiary/aromatic N) is 1. The molecule has 0 aromatic carbocycles. The first kappa shape index (κ1) is 14.2. The summed E-state index contributed by atoms with van der Waals surface area (Å²) >= 11 is 0. The van der Waals surface area contributed by atoms with Gasteiger partial charge in [0.15, 0.2) is 0 Å². The minimum Gasteiger partial charge on any atom is -0.461 e. The Morgan fingerprint density at radius 1 is 1.47 bits per heavy atom. The van der Waals surface area contributed by atoms with Crippen LogP contribution in [0.1, 0.15) is 34.1 Å². The quantitative estimate of drug-likeness (QED) is 0.480. The minimum atomic E-state index is -0.252. The molecule has 0 spiro atoms. The first-order valence-corrected chi connectivity index (χ1v) is 5.69. The maximum absolute atomic E-state index is 11.0. The Labute approximate surface area is 93.1 Å². The van der Waals surface area contributed by atoms with Crippen molar-refractivity contribution in [1.29, 1.82) is 0 Å². The molecular weight excluding hydrogens is 190 g/mol. The van der Waals surface area contributed by atoms with Crippen molar-refractivity contribution in [2.75, 3.05) is 19.7 Å². The molecule has 88 valence electrons. The highest BCUT2D eigenvalue weighted by Gasteiger charge is 2.09. The van der Waals surface area contributed by atoms with Crippen LogP contribution in [0.5, 0.6) is 0 Å². The summed E-state index contributed by atoms with van der Waals surface area (Å²) in [7, 11) is 0. The van der Waals surface area contributed by atoms with Crippen molar-refractivity contribution < 1.29 is 9.53 Å². The van der Waals surface area contributed by atoms with Crippen molar-refractivity contribution in [2.45, 2.75) is 40.2 Å². The lowest BCUT2D eigenvalue weighted by atomic mass is 10.2. The molecule has 3 nitrogen and oxygen atoms in total. The fourth-order valence-corrected chi connectivity index (χ4v) is 1.40. The van der Waals surface area contributed by atoms with E-state index in [4.69, 9.17) is 4.74 Å². The molecule has 0 saturated heterocycles. The van der Waals surface area contributed by atoms with E-state index in [-0.39, 0.29) is 5.97 Å². The molecule has 0 aliphatic heterocycles. The number of hydrogen-bond donors (Lipinski definition) is 0. The van der Waals surface area contributed by atoms with E-state index in [1.807, 2.05) is 0 Å². The van der Waals surface area contributed by atoms with Gasteiger partial charge in [-0.15, -0.1) is 0 Å². The van der Waals surface area contributed by atoms with Gasteiger partial charge in [-0.3, -0.25) is 4.90 Å². The van der Waals surface area contributed by atoms with E-state index in [2.05, 4.69) is 25.7 Å². The first-order valence-electron chi connectivity index (χ1n) is 5.69. The van der Waals surface area contributed by atoms with Crippen molar-refractivity contribution in [3.63, 3.8) is 0 Å². The van der Waals surface area contributed by atoms with Crippen molar-refractivity contribution in [3.8, 4) is 0 Å². The summed E-state index contributed by atoms with van der Waals surface area (Å²) in [6.07, 6.45) is 4.25. The third-order valence-corrected chi connectivity index (χ3v) is 2.55. The molecule has 0 N–H and O–H groups in total. The normalized spacial score (nSPS) is 13.4. The lowest BCUT2D eigenvalue weighted by Crippen LogP contribution is -2.35. The van der Waals surface area contributed by atoms with Gasteiger partial charge in [-0.2, -0.15) is 0 Å². The molecule has 0 radical (unpaired) electrons. The molecule has 0 aliphatic rings. The molecule has 1 atom stereocenters. The monoisotopic (exact) mass is 213 g/mol. The number of carbonyl (C=O) groups is 1. The molecular formula is C12H23NO2. The molecule has 0 aliphatic carbocycles. The van der Waals surface area contributed by atoms with Gasteiger partial charge in [0, 0.05) is 18.7 Å². The topological polar surface area (TPSA) is 29.5 Å². The molecule has 0 fully saturated rings. The van der Waals surface area contributed by atoms with Crippen LogP contribution in [-0.4, -0.2) is 36.6 Å². The first-order chi connectivity index (χ1) is 7.15. The zero-order valence-corrected chi connectivity index (χ0v) is 10.3. The lowest BCUT2D eigenvalue weighted by molar-refractivity contribution is -0.138. The second-order valence-corrected chi connectivity index (χ2v) is 3.55. The van der Waals surface area contributed by atoms with Crippen LogP contribution in [0.15, 0.2) is 12.2 Å². The van der Waals surface area contributed by atoms with Crippen molar-refractivity contribution in [1.82, 2.24) is 4.90 Å². The fraction of sp³-hybridized carbons (Fsp3) is 0.750. The standard InChI is InChI=1S/C12H23NO2/c1-5-8-12(14)15-10-9-13(7-3)11(4)6-2/h5,8,11H,6-7,9-10H2,1-4H3/b8-5-. The average molecular weight is 213 g/mol. The Kier molecular flexibility index (Phi) is 8.01. The summed E-state index contributed by atoms with van der Waals surface area (Å²) in [5.74, 6) is -0.252. The van der Waals surface area contributed by atoms with Gasteiger partial charge < -0.3 is 4.74 Å². The van der Waals surface area contributed by atoms with Gasteiger partial charge in [0.25, 0.3) is 0 Å². The molecule has 0 heterocycles. The molecule has 0 aromatic heterocycles. The van der Waals surface area contributed by atoms with Gasteiger partial charge >= 0.3 is 5.97 Å². The molecule has 0 rings (SSSR count). The van der Waals surface area contributed by atoms with E-state index in [0.717, 1.165) is 19.5 Å². The third-order valence-electron chi connectivity index (χ3n) is 2.55. The SMILES string of the molecule is C/C=C\C(=O)OCCN(CC)C(C)CC. The summed E-state index contributed by atoms with van der Waals surface area (Å²) in [6.45, 7) is 10.6. The van der Waals surface area contributed by atoms with Gasteiger partial charge in [0.2, 0.25) is 0 Å². The average Bonchev–Trinajstić information content (AvgIpc) is 2.24. The van der Waals surface area contributed by atoms with E-state index in [9.17, 15) is 4.79 Å². The molecule has 1 unspecified atom stereocenters. The minimum absolute atomic E-state index is 0.252. The highest BCUT2D eigenvalue weighted by Crippen LogP contribution is 2.02. The lowest BCUT2D eigenvalue weighted by Gasteiger charge is -2.26. The highest BCUT2D eigenvalue weighted by molar-refractivity contribution is 5.81. The molecule has 3 heteroatoms. The molecule has 0 amide bonds. The van der Waals surface area contributed by atoms with E-state index in [1.54, 1.807) is 13.0 Å². The number of hydrogen-bond acceptors (Lipinski definition) is 3. The zero-order valence-electron chi connectivity index (χ0n) is 10.3. The molecule has 15 heavy (non-hydrogen) atoms. The van der Waals surface area contributed by atoms with Crippen LogP contribution in [0.25, 0.3) is 0 Å². The summed E-state index contributed by atoms with van der Waals surface area (Å²) in [5, 5.41) is 0. The summed E-state index contributed by atoms with van der Waals surface area (Å²) in [5.41, 5.74) is 0. The fourth-order valence-electron chi connectivity index (χ4n) is 1.40. The summed E-state index contributed by atoms with van der Waals surface area (Å²) in [6, 6.07) is 0.551. The number of esters is 1. The molecule has 0 bridgehead atoms. The highest BCUT2D eigenvalue weighted by atomic mass is 16.5. The number of carbonyl (C=O) groups excluding carboxylic acids is 1. The van der Waals surface area contributed by atoms with E-state index in [1.165, 1.54) is 6.08 Å². The van der Waals surface area contributed by atoms with Gasteiger partial charge in [-0.05, 0) is 26.8 Å². The predicted molar refractivity (Wildman–Crippen MR) is 62.8 cm³/mol. The number of ether oxygens (including phenoxy) is 1.